The van der Waals surface area contributed by atoms with E-state index >= 15 is 0 Å². The number of aliphatic imine (C=N–C) groups is 1. The first kappa shape index (κ1) is 20.4. The van der Waals surface area contributed by atoms with E-state index in [1.165, 1.54) is 11.1 Å². The highest BCUT2D eigenvalue weighted by Crippen LogP contribution is 2.04. The van der Waals surface area contributed by atoms with Crippen LogP contribution in [-0.2, 0) is 20.1 Å². The fourth-order valence-corrected chi connectivity index (χ4v) is 2.06. The van der Waals surface area contributed by atoms with Gasteiger partial charge in [0.15, 0.2) is 5.96 Å². The van der Waals surface area contributed by atoms with E-state index in [0.29, 0.717) is 13.1 Å². The molecule has 0 aliphatic rings. The van der Waals surface area contributed by atoms with Gasteiger partial charge in [-0.25, -0.2) is 9.98 Å². The fraction of sp³-hybridized carbons (Fsp3) is 0.471. The number of aromatic nitrogens is 3. The SMILES string of the molecule is CCCCNC(=NCc1ccc(C)cc1)NCc1ncnn1C.I. The molecule has 0 unspecified atom stereocenters. The van der Waals surface area contributed by atoms with E-state index in [2.05, 4.69) is 63.8 Å². The number of guanidine groups is 1. The number of nitrogens with zero attached hydrogens (tertiary/aromatic N) is 4. The molecule has 0 aliphatic heterocycles. The molecule has 0 fully saturated rings. The van der Waals surface area contributed by atoms with Crippen LogP contribution in [0, 0.1) is 6.92 Å². The minimum absolute atomic E-state index is 0. The van der Waals surface area contributed by atoms with Crippen molar-refractivity contribution in [1.29, 1.82) is 0 Å². The van der Waals surface area contributed by atoms with Crippen molar-refractivity contribution in [2.75, 3.05) is 6.54 Å². The molecule has 0 saturated heterocycles. The number of rotatable bonds is 7. The van der Waals surface area contributed by atoms with Crippen LogP contribution in [0.25, 0.3) is 0 Å². The second kappa shape index (κ2) is 11.0. The zero-order valence-electron chi connectivity index (χ0n) is 14.6. The molecule has 0 radical (unpaired) electrons. The summed E-state index contributed by atoms with van der Waals surface area (Å²) in [6.07, 6.45) is 3.83. The quantitative estimate of drug-likeness (QED) is 0.300. The second-order valence-electron chi connectivity index (χ2n) is 5.58. The van der Waals surface area contributed by atoms with Gasteiger partial charge >= 0.3 is 0 Å². The summed E-state index contributed by atoms with van der Waals surface area (Å²) in [6, 6.07) is 8.46. The molecule has 132 valence electrons. The maximum Gasteiger partial charge on any atom is 0.191 e. The van der Waals surface area contributed by atoms with Crippen LogP contribution >= 0.6 is 24.0 Å². The van der Waals surface area contributed by atoms with Crippen molar-refractivity contribution >= 4 is 29.9 Å². The number of aryl methyl sites for hydroxylation is 2. The zero-order chi connectivity index (χ0) is 16.5. The number of nitrogens with one attached hydrogen (secondary N) is 2. The first-order valence-electron chi connectivity index (χ1n) is 8.09. The molecule has 1 heterocycles. The van der Waals surface area contributed by atoms with E-state index in [1.54, 1.807) is 11.0 Å². The molecule has 7 heteroatoms. The van der Waals surface area contributed by atoms with Crippen molar-refractivity contribution in [2.24, 2.45) is 12.0 Å². The first-order valence-corrected chi connectivity index (χ1v) is 8.09. The highest BCUT2D eigenvalue weighted by molar-refractivity contribution is 14.0. The topological polar surface area (TPSA) is 67.1 Å². The Morgan fingerprint density at radius 1 is 1.21 bits per heavy atom. The molecule has 0 bridgehead atoms. The normalized spacial score (nSPS) is 11.0. The lowest BCUT2D eigenvalue weighted by Gasteiger charge is -2.12. The Bertz CT molecular complexity index is 620. The Hall–Kier alpha value is -1.64. The molecule has 0 spiro atoms. The monoisotopic (exact) mass is 442 g/mol. The molecule has 2 rings (SSSR count). The van der Waals surface area contributed by atoms with Crippen molar-refractivity contribution < 1.29 is 0 Å². The number of hydrogen-bond donors (Lipinski definition) is 2. The Morgan fingerprint density at radius 2 is 1.96 bits per heavy atom. The number of halogens is 1. The molecule has 2 N–H and O–H groups in total. The van der Waals surface area contributed by atoms with Crippen molar-refractivity contribution in [3.05, 3.63) is 47.5 Å². The zero-order valence-corrected chi connectivity index (χ0v) is 16.9. The first-order chi connectivity index (χ1) is 11.2. The van der Waals surface area contributed by atoms with E-state index in [-0.39, 0.29) is 24.0 Å². The Morgan fingerprint density at radius 3 is 2.58 bits per heavy atom. The minimum atomic E-state index is 0. The molecule has 2 aromatic rings. The Labute approximate surface area is 161 Å². The summed E-state index contributed by atoms with van der Waals surface area (Å²) in [6.45, 7) is 6.43. The van der Waals surface area contributed by atoms with Crippen LogP contribution in [0.5, 0.6) is 0 Å². The number of unbranched alkanes of at least 4 members (excludes halogenated alkanes) is 1. The predicted molar refractivity (Wildman–Crippen MR) is 108 cm³/mol. The molecule has 0 amide bonds. The third-order valence-corrected chi connectivity index (χ3v) is 3.58. The van der Waals surface area contributed by atoms with Gasteiger partial charge in [0, 0.05) is 13.6 Å². The summed E-state index contributed by atoms with van der Waals surface area (Å²) in [5.41, 5.74) is 2.46. The summed E-state index contributed by atoms with van der Waals surface area (Å²) >= 11 is 0. The molecule has 24 heavy (non-hydrogen) atoms. The summed E-state index contributed by atoms with van der Waals surface area (Å²) < 4.78 is 1.76. The molecule has 1 aromatic carbocycles. The third kappa shape index (κ3) is 6.86. The van der Waals surface area contributed by atoms with Gasteiger partial charge < -0.3 is 10.6 Å². The lowest BCUT2D eigenvalue weighted by Crippen LogP contribution is -2.38. The third-order valence-electron chi connectivity index (χ3n) is 3.58. The van der Waals surface area contributed by atoms with Gasteiger partial charge in [-0.3, -0.25) is 4.68 Å². The summed E-state index contributed by atoms with van der Waals surface area (Å²) in [5.74, 6) is 1.69. The lowest BCUT2D eigenvalue weighted by molar-refractivity contribution is 0.665. The molecule has 0 atom stereocenters. The molecule has 1 aromatic heterocycles. The van der Waals surface area contributed by atoms with Crippen LogP contribution in [0.3, 0.4) is 0 Å². The number of hydrogen-bond acceptors (Lipinski definition) is 3. The van der Waals surface area contributed by atoms with Crippen molar-refractivity contribution in [1.82, 2.24) is 25.4 Å². The largest absolute Gasteiger partial charge is 0.356 e. The molecular formula is C17H27IN6. The maximum absolute atomic E-state index is 4.66. The minimum Gasteiger partial charge on any atom is -0.356 e. The van der Waals surface area contributed by atoms with E-state index < -0.39 is 0 Å². The molecular weight excluding hydrogens is 415 g/mol. The van der Waals surface area contributed by atoms with Gasteiger partial charge in [-0.15, -0.1) is 24.0 Å². The standard InChI is InChI=1S/C17H26N6.HI/c1-4-5-10-18-17(20-12-16-21-13-22-23(16)3)19-11-15-8-6-14(2)7-9-15;/h6-9,13H,4-5,10-12H2,1-3H3,(H2,18,19,20);1H. The highest BCUT2D eigenvalue weighted by Gasteiger charge is 2.03. The van der Waals surface area contributed by atoms with Gasteiger partial charge in [0.1, 0.15) is 12.2 Å². The van der Waals surface area contributed by atoms with Crippen molar-refractivity contribution in [3.63, 3.8) is 0 Å². The van der Waals surface area contributed by atoms with Gasteiger partial charge in [0.05, 0.1) is 13.1 Å². The lowest BCUT2D eigenvalue weighted by atomic mass is 10.1. The summed E-state index contributed by atoms with van der Waals surface area (Å²) in [4.78, 5) is 8.88. The number of benzene rings is 1. The van der Waals surface area contributed by atoms with Crippen LogP contribution in [-0.4, -0.2) is 27.3 Å². The Balaban J connectivity index is 0.00000288. The van der Waals surface area contributed by atoms with Gasteiger partial charge in [-0.05, 0) is 18.9 Å². The van der Waals surface area contributed by atoms with Crippen LogP contribution < -0.4 is 10.6 Å². The smallest absolute Gasteiger partial charge is 0.191 e. The second-order valence-corrected chi connectivity index (χ2v) is 5.58. The average molecular weight is 442 g/mol. The molecule has 0 aliphatic carbocycles. The van der Waals surface area contributed by atoms with E-state index in [0.717, 1.165) is 31.2 Å². The van der Waals surface area contributed by atoms with Gasteiger partial charge in [-0.2, -0.15) is 5.10 Å². The van der Waals surface area contributed by atoms with Crippen LogP contribution in [0.4, 0.5) is 0 Å². The summed E-state index contributed by atoms with van der Waals surface area (Å²) in [7, 11) is 1.89. The molecule has 6 nitrogen and oxygen atoms in total. The average Bonchev–Trinajstić information content (AvgIpc) is 2.96. The van der Waals surface area contributed by atoms with E-state index in [1.807, 2.05) is 7.05 Å². The van der Waals surface area contributed by atoms with Crippen molar-refractivity contribution in [2.45, 2.75) is 39.8 Å². The van der Waals surface area contributed by atoms with E-state index in [4.69, 9.17) is 0 Å². The van der Waals surface area contributed by atoms with Gasteiger partial charge in [0.25, 0.3) is 0 Å². The predicted octanol–water partition coefficient (Wildman–Crippen LogP) is 2.78. The van der Waals surface area contributed by atoms with Crippen molar-refractivity contribution in [3.8, 4) is 0 Å². The highest BCUT2D eigenvalue weighted by atomic mass is 127. The maximum atomic E-state index is 4.66. The Kier molecular flexibility index (Phi) is 9.36. The molecule has 0 saturated carbocycles. The van der Waals surface area contributed by atoms with Crippen LogP contribution in [0.1, 0.15) is 36.7 Å². The van der Waals surface area contributed by atoms with Gasteiger partial charge in [0.2, 0.25) is 0 Å². The van der Waals surface area contributed by atoms with Gasteiger partial charge in [-0.1, -0.05) is 43.2 Å². The van der Waals surface area contributed by atoms with E-state index in [9.17, 15) is 0 Å². The van der Waals surface area contributed by atoms with Crippen LogP contribution in [0.2, 0.25) is 0 Å². The summed E-state index contributed by atoms with van der Waals surface area (Å²) in [5, 5.41) is 10.8. The fourth-order valence-electron chi connectivity index (χ4n) is 2.06. The van der Waals surface area contributed by atoms with Crippen LogP contribution in [0.15, 0.2) is 35.6 Å².